The summed E-state index contributed by atoms with van der Waals surface area (Å²) in [6.07, 6.45) is 20.2. The van der Waals surface area contributed by atoms with Crippen molar-refractivity contribution in [2.45, 2.75) is 117 Å². The Kier molecular flexibility index (Phi) is 25.5. The van der Waals surface area contributed by atoms with Crippen LogP contribution in [-0.4, -0.2) is 61.0 Å². The van der Waals surface area contributed by atoms with E-state index >= 15 is 0 Å². The third kappa shape index (κ3) is 22.5. The quantitative estimate of drug-likeness (QED) is 0.182. The number of benzene rings is 1. The van der Waals surface area contributed by atoms with Crippen molar-refractivity contribution in [3.63, 3.8) is 0 Å². The van der Waals surface area contributed by atoms with Crippen molar-refractivity contribution in [3.05, 3.63) is 23.8 Å². The van der Waals surface area contributed by atoms with Gasteiger partial charge in [0.05, 0.1) is 7.11 Å². The fourth-order valence-electron chi connectivity index (χ4n) is 3.43. The predicted octanol–water partition coefficient (Wildman–Crippen LogP) is 7.89. The molecule has 0 aliphatic carbocycles. The van der Waals surface area contributed by atoms with Crippen LogP contribution in [0.15, 0.2) is 18.2 Å². The van der Waals surface area contributed by atoms with E-state index in [0.29, 0.717) is 12.2 Å². The van der Waals surface area contributed by atoms with Gasteiger partial charge in [0.25, 0.3) is 0 Å². The third-order valence-corrected chi connectivity index (χ3v) is 5.33. The Morgan fingerprint density at radius 3 is 1.61 bits per heavy atom. The molecule has 5 heteroatoms. The van der Waals surface area contributed by atoms with Crippen molar-refractivity contribution in [1.29, 1.82) is 0 Å². The van der Waals surface area contributed by atoms with Crippen LogP contribution in [0.2, 0.25) is 0 Å². The van der Waals surface area contributed by atoms with Crippen molar-refractivity contribution in [3.8, 4) is 11.5 Å². The maximum atomic E-state index is 10.3. The van der Waals surface area contributed by atoms with E-state index in [4.69, 9.17) is 14.9 Å². The maximum absolute atomic E-state index is 10.3. The van der Waals surface area contributed by atoms with E-state index in [0.717, 1.165) is 18.4 Å². The smallest absolute Gasteiger partial charge is 1.00 e. The standard InChI is InChI=1S/C18H36O2.C8H10O2.Ca.2H/c1-2-3-4-5-6-7-8-9-10-11-12-13-14-15-16-17-18(19)20;1-6-3-4-7(9)8(5-6)10-2;;;/h2-17H2,1H3,(H,19,20);3-5,9H,1-2H3;;;/q;;+2;2*-1. The van der Waals surface area contributed by atoms with E-state index in [1.54, 1.807) is 12.1 Å². The number of phenols is 1. The number of methoxy groups -OCH3 is 1. The molecule has 1 rings (SSSR count). The molecule has 0 amide bonds. The average molecular weight is 465 g/mol. The summed E-state index contributed by atoms with van der Waals surface area (Å²) in [5.74, 6) is 0.0628. The summed E-state index contributed by atoms with van der Waals surface area (Å²) in [6, 6.07) is 5.24. The predicted molar refractivity (Wildman–Crippen MR) is 135 cm³/mol. The molecule has 0 bridgehead atoms. The van der Waals surface area contributed by atoms with Gasteiger partial charge in [-0.15, -0.1) is 0 Å². The van der Waals surface area contributed by atoms with Crippen LogP contribution in [0.25, 0.3) is 0 Å². The summed E-state index contributed by atoms with van der Waals surface area (Å²) in [5, 5.41) is 17.6. The molecule has 0 heterocycles. The Labute approximate surface area is 224 Å². The van der Waals surface area contributed by atoms with Crippen LogP contribution in [0.5, 0.6) is 11.5 Å². The average Bonchev–Trinajstić information content (AvgIpc) is 2.73. The molecule has 178 valence electrons. The molecular weight excluding hydrogens is 416 g/mol. The summed E-state index contributed by atoms with van der Waals surface area (Å²) in [5.41, 5.74) is 1.08. The number of aryl methyl sites for hydroxylation is 1. The molecule has 0 fully saturated rings. The minimum Gasteiger partial charge on any atom is -1.00 e. The van der Waals surface area contributed by atoms with Gasteiger partial charge >= 0.3 is 43.7 Å². The Hall–Kier alpha value is -0.450. The molecule has 0 aromatic heterocycles. The molecule has 31 heavy (non-hydrogen) atoms. The van der Waals surface area contributed by atoms with Gasteiger partial charge < -0.3 is 17.8 Å². The number of carboxylic acid groups (broad SMARTS) is 1. The monoisotopic (exact) mass is 464 g/mol. The molecule has 0 aliphatic rings. The molecule has 0 saturated carbocycles. The number of carbonyl (C=O) groups is 1. The Balaban J connectivity index is -0.000000275. The Bertz CT molecular complexity index is 545. The second-order valence-corrected chi connectivity index (χ2v) is 8.27. The second-order valence-electron chi connectivity index (χ2n) is 8.27. The number of hydrogen-bond acceptors (Lipinski definition) is 3. The molecule has 1 aromatic rings. The van der Waals surface area contributed by atoms with E-state index in [9.17, 15) is 4.79 Å². The van der Waals surface area contributed by atoms with Gasteiger partial charge in [0.2, 0.25) is 0 Å². The number of ether oxygens (including phenoxy) is 1. The van der Waals surface area contributed by atoms with Gasteiger partial charge in [-0.05, 0) is 31.0 Å². The number of aliphatic carboxylic acids is 1. The minimum atomic E-state index is -0.653. The van der Waals surface area contributed by atoms with Crippen LogP contribution < -0.4 is 4.74 Å². The molecule has 0 aliphatic heterocycles. The van der Waals surface area contributed by atoms with E-state index < -0.39 is 5.97 Å². The number of phenolic OH excluding ortho intramolecular Hbond substituents is 1. The molecule has 0 spiro atoms. The minimum absolute atomic E-state index is 0. The first kappa shape index (κ1) is 32.7. The van der Waals surface area contributed by atoms with Crippen molar-refractivity contribution in [2.24, 2.45) is 0 Å². The van der Waals surface area contributed by atoms with Gasteiger partial charge in [-0.2, -0.15) is 0 Å². The number of unbranched alkanes of at least 4 members (excludes halogenated alkanes) is 14. The van der Waals surface area contributed by atoms with E-state index in [1.165, 1.54) is 90.6 Å². The molecule has 0 atom stereocenters. The number of carboxylic acids is 1. The topological polar surface area (TPSA) is 66.8 Å². The van der Waals surface area contributed by atoms with Crippen molar-refractivity contribution in [2.75, 3.05) is 7.11 Å². The van der Waals surface area contributed by atoms with Crippen LogP contribution in [0.3, 0.4) is 0 Å². The summed E-state index contributed by atoms with van der Waals surface area (Å²) in [6.45, 7) is 4.22. The van der Waals surface area contributed by atoms with Gasteiger partial charge in [-0.25, -0.2) is 0 Å². The normalized spacial score (nSPS) is 10.0. The molecule has 0 radical (unpaired) electrons. The van der Waals surface area contributed by atoms with Crippen LogP contribution in [-0.2, 0) is 4.79 Å². The molecule has 0 unspecified atom stereocenters. The zero-order chi connectivity index (χ0) is 22.5. The number of aromatic hydroxyl groups is 1. The number of hydrogen-bond donors (Lipinski definition) is 2. The third-order valence-electron chi connectivity index (χ3n) is 5.33. The first-order chi connectivity index (χ1) is 14.5. The van der Waals surface area contributed by atoms with Gasteiger partial charge in [0, 0.05) is 6.42 Å². The zero-order valence-electron chi connectivity index (χ0n) is 22.5. The summed E-state index contributed by atoms with van der Waals surface area (Å²) >= 11 is 0. The fraction of sp³-hybridized carbons (Fsp3) is 0.731. The van der Waals surface area contributed by atoms with Crippen molar-refractivity contribution in [1.82, 2.24) is 0 Å². The first-order valence-electron chi connectivity index (χ1n) is 12.1. The van der Waals surface area contributed by atoms with Gasteiger partial charge in [-0.3, -0.25) is 4.79 Å². The molecular formula is C26H48CaO4. The summed E-state index contributed by atoms with van der Waals surface area (Å²) in [4.78, 5) is 10.3. The summed E-state index contributed by atoms with van der Waals surface area (Å²) in [7, 11) is 1.54. The SMILES string of the molecule is CCCCCCCCCCCCCCCCCC(=O)O.COc1cc(C)ccc1O.[Ca+2].[H-].[H-]. The summed E-state index contributed by atoms with van der Waals surface area (Å²) < 4.78 is 4.88. The van der Waals surface area contributed by atoms with Crippen LogP contribution in [0.1, 0.15) is 118 Å². The van der Waals surface area contributed by atoms with Gasteiger partial charge in [0.15, 0.2) is 11.5 Å². The van der Waals surface area contributed by atoms with Crippen molar-refractivity contribution < 1.29 is 22.6 Å². The van der Waals surface area contributed by atoms with Crippen molar-refractivity contribution >= 4 is 43.7 Å². The van der Waals surface area contributed by atoms with E-state index in [1.807, 2.05) is 13.0 Å². The molecule has 1 aromatic carbocycles. The van der Waals surface area contributed by atoms with Crippen LogP contribution in [0.4, 0.5) is 0 Å². The maximum Gasteiger partial charge on any atom is 2.00 e. The van der Waals surface area contributed by atoms with Gasteiger partial charge in [0.1, 0.15) is 0 Å². The van der Waals surface area contributed by atoms with E-state index in [2.05, 4.69) is 6.92 Å². The second kappa shape index (κ2) is 24.2. The molecule has 0 saturated heterocycles. The van der Waals surface area contributed by atoms with E-state index in [-0.39, 0.29) is 46.3 Å². The first-order valence-corrected chi connectivity index (χ1v) is 12.1. The zero-order valence-corrected chi connectivity index (χ0v) is 22.7. The fourth-order valence-corrected chi connectivity index (χ4v) is 3.43. The number of rotatable bonds is 17. The Morgan fingerprint density at radius 1 is 0.839 bits per heavy atom. The Morgan fingerprint density at radius 2 is 1.26 bits per heavy atom. The molecule has 4 nitrogen and oxygen atoms in total. The van der Waals surface area contributed by atoms with Crippen LogP contribution >= 0.6 is 0 Å². The van der Waals surface area contributed by atoms with Crippen LogP contribution in [0, 0.1) is 6.92 Å². The largest absolute Gasteiger partial charge is 2.00 e. The molecule has 2 N–H and O–H groups in total. The van der Waals surface area contributed by atoms with Gasteiger partial charge in [-0.1, -0.05) is 103 Å².